The van der Waals surface area contributed by atoms with Gasteiger partial charge < -0.3 is 10.5 Å². The maximum absolute atomic E-state index is 6.03. The van der Waals surface area contributed by atoms with Crippen LogP contribution in [0.5, 0.6) is 5.75 Å². The number of benzene rings is 1. The highest BCUT2D eigenvalue weighted by molar-refractivity contribution is 5.27. The molecule has 1 aromatic rings. The largest absolute Gasteiger partial charge is 0.497 e. The third-order valence-corrected chi connectivity index (χ3v) is 4.42. The van der Waals surface area contributed by atoms with Crippen molar-refractivity contribution in [2.75, 3.05) is 26.7 Å². The quantitative estimate of drug-likeness (QED) is 0.856. The summed E-state index contributed by atoms with van der Waals surface area (Å²) in [5.74, 6) is 0.921. The minimum atomic E-state index is 0.149. The Balaban J connectivity index is 1.94. The minimum absolute atomic E-state index is 0.149. The lowest BCUT2D eigenvalue weighted by atomic mass is 9.91. The molecular formula is C16H26N2O. The highest BCUT2D eigenvalue weighted by Gasteiger charge is 2.31. The number of hydrogen-bond acceptors (Lipinski definition) is 3. The molecule has 1 heterocycles. The number of rotatable bonds is 6. The van der Waals surface area contributed by atoms with Crippen LogP contribution in [0.25, 0.3) is 0 Å². The van der Waals surface area contributed by atoms with E-state index in [1.165, 1.54) is 31.5 Å². The monoisotopic (exact) mass is 262 g/mol. The Labute approximate surface area is 116 Å². The van der Waals surface area contributed by atoms with Crippen LogP contribution in [-0.2, 0) is 6.42 Å². The summed E-state index contributed by atoms with van der Waals surface area (Å²) < 4.78 is 5.19. The molecule has 1 saturated heterocycles. The fourth-order valence-corrected chi connectivity index (χ4v) is 2.85. The molecule has 19 heavy (non-hydrogen) atoms. The van der Waals surface area contributed by atoms with Crippen LogP contribution >= 0.6 is 0 Å². The van der Waals surface area contributed by atoms with E-state index < -0.39 is 0 Å². The van der Waals surface area contributed by atoms with Gasteiger partial charge in [0.1, 0.15) is 5.75 Å². The molecule has 1 unspecified atom stereocenters. The van der Waals surface area contributed by atoms with E-state index in [-0.39, 0.29) is 5.54 Å². The van der Waals surface area contributed by atoms with Crippen LogP contribution in [0.2, 0.25) is 0 Å². The van der Waals surface area contributed by atoms with E-state index in [0.717, 1.165) is 25.1 Å². The van der Waals surface area contributed by atoms with E-state index in [0.29, 0.717) is 0 Å². The van der Waals surface area contributed by atoms with Gasteiger partial charge in [-0.2, -0.15) is 0 Å². The highest BCUT2D eigenvalue weighted by Crippen LogP contribution is 2.25. The Morgan fingerprint density at radius 3 is 2.37 bits per heavy atom. The van der Waals surface area contributed by atoms with E-state index in [2.05, 4.69) is 24.0 Å². The average Bonchev–Trinajstić information content (AvgIpc) is 3.00. The molecule has 3 heteroatoms. The van der Waals surface area contributed by atoms with Gasteiger partial charge in [-0.05, 0) is 63.4 Å². The van der Waals surface area contributed by atoms with Crippen LogP contribution in [0.4, 0.5) is 0 Å². The van der Waals surface area contributed by atoms with Crippen molar-refractivity contribution in [3.63, 3.8) is 0 Å². The lowest BCUT2D eigenvalue weighted by Crippen LogP contribution is -2.50. The molecule has 0 amide bonds. The number of ether oxygens (including phenoxy) is 1. The van der Waals surface area contributed by atoms with Crippen LogP contribution in [0.3, 0.4) is 0 Å². The van der Waals surface area contributed by atoms with Crippen molar-refractivity contribution in [1.82, 2.24) is 4.90 Å². The number of nitrogens with two attached hydrogens (primary N) is 1. The predicted molar refractivity (Wildman–Crippen MR) is 79.6 cm³/mol. The fraction of sp³-hybridized carbons (Fsp3) is 0.625. The molecule has 0 aromatic heterocycles. The Morgan fingerprint density at radius 1 is 1.21 bits per heavy atom. The van der Waals surface area contributed by atoms with E-state index in [9.17, 15) is 0 Å². The van der Waals surface area contributed by atoms with E-state index in [1.807, 2.05) is 12.1 Å². The van der Waals surface area contributed by atoms with E-state index in [1.54, 1.807) is 7.11 Å². The first-order chi connectivity index (χ1) is 9.18. The summed E-state index contributed by atoms with van der Waals surface area (Å²) in [7, 11) is 1.70. The third kappa shape index (κ3) is 3.48. The minimum Gasteiger partial charge on any atom is -0.497 e. The Bertz CT molecular complexity index is 384. The van der Waals surface area contributed by atoms with Crippen LogP contribution in [0, 0.1) is 0 Å². The molecule has 0 radical (unpaired) electrons. The molecule has 1 aliphatic heterocycles. The van der Waals surface area contributed by atoms with Crippen molar-refractivity contribution in [3.05, 3.63) is 29.8 Å². The van der Waals surface area contributed by atoms with Gasteiger partial charge >= 0.3 is 0 Å². The normalized spacial score (nSPS) is 19.3. The maximum atomic E-state index is 6.03. The summed E-state index contributed by atoms with van der Waals surface area (Å²) in [5, 5.41) is 0. The molecule has 2 N–H and O–H groups in total. The number of likely N-dealkylation sites (tertiary alicyclic amines) is 1. The SMILES string of the molecule is COc1ccc(CCC(C)(CN)N2CCCC2)cc1. The maximum Gasteiger partial charge on any atom is 0.118 e. The number of hydrogen-bond donors (Lipinski definition) is 1. The molecule has 0 spiro atoms. The van der Waals surface area contributed by atoms with Gasteiger partial charge in [0.25, 0.3) is 0 Å². The van der Waals surface area contributed by atoms with Gasteiger partial charge in [-0.1, -0.05) is 12.1 Å². The van der Waals surface area contributed by atoms with Crippen LogP contribution in [0.15, 0.2) is 24.3 Å². The molecule has 2 rings (SSSR count). The molecule has 0 bridgehead atoms. The van der Waals surface area contributed by atoms with Gasteiger partial charge in [-0.3, -0.25) is 4.90 Å². The molecular weight excluding hydrogens is 236 g/mol. The summed E-state index contributed by atoms with van der Waals surface area (Å²) >= 11 is 0. The van der Waals surface area contributed by atoms with Crippen LogP contribution in [-0.4, -0.2) is 37.2 Å². The zero-order chi connectivity index (χ0) is 13.7. The van der Waals surface area contributed by atoms with Crippen molar-refractivity contribution in [3.8, 4) is 5.75 Å². The van der Waals surface area contributed by atoms with Gasteiger partial charge in [0.15, 0.2) is 0 Å². The van der Waals surface area contributed by atoms with Crippen LogP contribution < -0.4 is 10.5 Å². The summed E-state index contributed by atoms with van der Waals surface area (Å²) in [6.07, 6.45) is 4.83. The lowest BCUT2D eigenvalue weighted by molar-refractivity contribution is 0.133. The first kappa shape index (κ1) is 14.4. The Kier molecular flexibility index (Phi) is 4.83. The predicted octanol–water partition coefficient (Wildman–Crippen LogP) is 2.44. The second-order valence-corrected chi connectivity index (χ2v) is 5.74. The third-order valence-electron chi connectivity index (χ3n) is 4.42. The van der Waals surface area contributed by atoms with Gasteiger partial charge in [0.2, 0.25) is 0 Å². The number of aryl methyl sites for hydroxylation is 1. The number of nitrogens with zero attached hydrogens (tertiary/aromatic N) is 1. The van der Waals surface area contributed by atoms with Crippen LogP contribution in [0.1, 0.15) is 31.7 Å². The van der Waals surface area contributed by atoms with Gasteiger partial charge in [-0.15, -0.1) is 0 Å². The standard InChI is InChI=1S/C16H26N2O/c1-16(13-17,18-11-3-4-12-18)10-9-14-5-7-15(19-2)8-6-14/h5-8H,3-4,9-13,17H2,1-2H3. The van der Waals surface area contributed by atoms with Gasteiger partial charge in [-0.25, -0.2) is 0 Å². The van der Waals surface area contributed by atoms with Crippen molar-refractivity contribution in [1.29, 1.82) is 0 Å². The van der Waals surface area contributed by atoms with E-state index >= 15 is 0 Å². The highest BCUT2D eigenvalue weighted by atomic mass is 16.5. The summed E-state index contributed by atoms with van der Waals surface area (Å²) in [4.78, 5) is 2.57. The van der Waals surface area contributed by atoms with Gasteiger partial charge in [0, 0.05) is 12.1 Å². The second kappa shape index (κ2) is 6.40. The lowest BCUT2D eigenvalue weighted by Gasteiger charge is -2.38. The van der Waals surface area contributed by atoms with E-state index in [4.69, 9.17) is 10.5 Å². The van der Waals surface area contributed by atoms with Gasteiger partial charge in [0.05, 0.1) is 7.11 Å². The summed E-state index contributed by atoms with van der Waals surface area (Å²) in [5.41, 5.74) is 7.55. The summed E-state index contributed by atoms with van der Waals surface area (Å²) in [6.45, 7) is 5.46. The van der Waals surface area contributed by atoms with Crippen molar-refractivity contribution >= 4 is 0 Å². The number of methoxy groups -OCH3 is 1. The average molecular weight is 262 g/mol. The smallest absolute Gasteiger partial charge is 0.118 e. The van der Waals surface area contributed by atoms with Crippen molar-refractivity contribution in [2.24, 2.45) is 5.73 Å². The molecule has 3 nitrogen and oxygen atoms in total. The molecule has 1 atom stereocenters. The first-order valence-electron chi connectivity index (χ1n) is 7.26. The molecule has 1 fully saturated rings. The zero-order valence-electron chi connectivity index (χ0n) is 12.2. The van der Waals surface area contributed by atoms with Crippen molar-refractivity contribution < 1.29 is 4.74 Å². The fourth-order valence-electron chi connectivity index (χ4n) is 2.85. The zero-order valence-corrected chi connectivity index (χ0v) is 12.2. The molecule has 0 saturated carbocycles. The molecule has 106 valence electrons. The molecule has 1 aliphatic rings. The molecule has 1 aromatic carbocycles. The topological polar surface area (TPSA) is 38.5 Å². The Hall–Kier alpha value is -1.06. The van der Waals surface area contributed by atoms with Crippen molar-refractivity contribution in [2.45, 2.75) is 38.1 Å². The molecule has 0 aliphatic carbocycles. The Morgan fingerprint density at radius 2 is 1.84 bits per heavy atom. The first-order valence-corrected chi connectivity index (χ1v) is 7.26. The second-order valence-electron chi connectivity index (χ2n) is 5.74. The summed E-state index contributed by atoms with van der Waals surface area (Å²) in [6, 6.07) is 8.37.